The highest BCUT2D eigenvalue weighted by Gasteiger charge is 2.22. The van der Waals surface area contributed by atoms with Crippen molar-refractivity contribution in [3.8, 4) is 0 Å². The monoisotopic (exact) mass is 442 g/mol. The van der Waals surface area contributed by atoms with Gasteiger partial charge in [0, 0.05) is 37.9 Å². The zero-order valence-electron chi connectivity index (χ0n) is 17.5. The van der Waals surface area contributed by atoms with Crippen LogP contribution in [0.5, 0.6) is 0 Å². The lowest BCUT2D eigenvalue weighted by Crippen LogP contribution is -2.48. The van der Waals surface area contributed by atoms with Crippen molar-refractivity contribution in [2.24, 2.45) is 0 Å². The molecule has 1 atom stereocenters. The lowest BCUT2D eigenvalue weighted by molar-refractivity contribution is -0.139. The van der Waals surface area contributed by atoms with Crippen LogP contribution in [0, 0.1) is 0 Å². The number of alkyl carbamates (subject to hydrolysis) is 1. The van der Waals surface area contributed by atoms with Gasteiger partial charge in [-0.25, -0.2) is 14.6 Å². The number of aromatic nitrogens is 3. The average Bonchev–Trinajstić information content (AvgIpc) is 3.27. The summed E-state index contributed by atoms with van der Waals surface area (Å²) in [7, 11) is 0. The van der Waals surface area contributed by atoms with Crippen molar-refractivity contribution in [2.45, 2.75) is 31.8 Å². The Kier molecular flexibility index (Phi) is 7.79. The average molecular weight is 442 g/mol. The lowest BCUT2D eigenvalue weighted by Gasteiger charge is -2.17. The van der Waals surface area contributed by atoms with E-state index >= 15 is 0 Å². The molecule has 0 bridgehead atoms. The number of carboxylic acid groups (broad SMARTS) is 1. The van der Waals surface area contributed by atoms with E-state index in [0.717, 1.165) is 30.9 Å². The van der Waals surface area contributed by atoms with Gasteiger partial charge in [-0.2, -0.15) is 5.10 Å². The molecule has 0 aromatic carbocycles. The highest BCUT2D eigenvalue weighted by molar-refractivity contribution is 5.94. The molecule has 3 rings (SSSR count). The minimum absolute atomic E-state index is 0.0544. The van der Waals surface area contributed by atoms with Gasteiger partial charge in [0.25, 0.3) is 5.91 Å². The lowest BCUT2D eigenvalue weighted by atomic mass is 10.1. The summed E-state index contributed by atoms with van der Waals surface area (Å²) in [6.45, 7) is 4.49. The zero-order valence-corrected chi connectivity index (χ0v) is 17.5. The Bertz CT molecular complexity index is 989. The maximum absolute atomic E-state index is 12.3. The molecule has 0 fully saturated rings. The number of carbonyl (C=O) groups excluding carboxylic acids is 2. The minimum Gasteiger partial charge on any atom is -0.480 e. The number of aliphatic carboxylic acids is 1. The maximum atomic E-state index is 12.3. The molecular weight excluding hydrogens is 416 g/mol. The molecule has 11 heteroatoms. The second-order valence-corrected chi connectivity index (χ2v) is 7.22. The Morgan fingerprint density at radius 2 is 2.22 bits per heavy atom. The number of pyridine rings is 1. The quantitative estimate of drug-likeness (QED) is 0.398. The van der Waals surface area contributed by atoms with E-state index in [2.05, 4.69) is 38.7 Å². The van der Waals surface area contributed by atoms with E-state index in [1.807, 2.05) is 6.07 Å². The fourth-order valence-corrected chi connectivity index (χ4v) is 3.16. The van der Waals surface area contributed by atoms with Crippen LogP contribution in [0.15, 0.2) is 37.2 Å². The van der Waals surface area contributed by atoms with Crippen molar-refractivity contribution in [3.63, 3.8) is 0 Å². The van der Waals surface area contributed by atoms with Gasteiger partial charge in [0.15, 0.2) is 0 Å². The third kappa shape index (κ3) is 6.30. The van der Waals surface area contributed by atoms with E-state index in [4.69, 9.17) is 4.74 Å². The standard InChI is InChI=1S/C21H26N6O5/c1-2-10-32-21(31)26-17(20(29)30)12-23-19(28)15-11-24-27(13-15)9-7-16-6-5-14-4-3-8-22-18(14)25-16/h2,5-6,11,13,17H,1,3-4,7-10,12H2,(H,22,25)(H,23,28)(H,26,31)(H,29,30)/t17-/m0/s1. The molecule has 2 amide bonds. The van der Waals surface area contributed by atoms with E-state index in [1.165, 1.54) is 17.8 Å². The van der Waals surface area contributed by atoms with Gasteiger partial charge >= 0.3 is 12.1 Å². The predicted octanol–water partition coefficient (Wildman–Crippen LogP) is 0.974. The number of fused-ring (bicyclic) bond motifs is 1. The van der Waals surface area contributed by atoms with Crippen molar-refractivity contribution in [2.75, 3.05) is 25.0 Å². The van der Waals surface area contributed by atoms with Crippen molar-refractivity contribution >= 4 is 23.8 Å². The fourth-order valence-electron chi connectivity index (χ4n) is 3.16. The summed E-state index contributed by atoms with van der Waals surface area (Å²) in [5.74, 6) is -0.868. The number of hydrogen-bond acceptors (Lipinski definition) is 7. The Morgan fingerprint density at radius 3 is 3.00 bits per heavy atom. The van der Waals surface area contributed by atoms with E-state index in [0.29, 0.717) is 13.0 Å². The second-order valence-electron chi connectivity index (χ2n) is 7.22. The van der Waals surface area contributed by atoms with Gasteiger partial charge in [0.2, 0.25) is 0 Å². The van der Waals surface area contributed by atoms with Gasteiger partial charge in [0.1, 0.15) is 18.5 Å². The Labute approximate surface area is 184 Å². The molecule has 2 aromatic rings. The summed E-state index contributed by atoms with van der Waals surface area (Å²) in [4.78, 5) is 39.8. The van der Waals surface area contributed by atoms with Crippen molar-refractivity contribution in [1.29, 1.82) is 0 Å². The third-order valence-electron chi connectivity index (χ3n) is 4.83. The first-order valence-corrected chi connectivity index (χ1v) is 10.3. The summed E-state index contributed by atoms with van der Waals surface area (Å²) < 4.78 is 6.32. The topological polar surface area (TPSA) is 147 Å². The molecule has 0 spiro atoms. The zero-order chi connectivity index (χ0) is 22.9. The molecule has 11 nitrogen and oxygen atoms in total. The van der Waals surface area contributed by atoms with Crippen LogP contribution in [0.4, 0.5) is 10.6 Å². The highest BCUT2D eigenvalue weighted by Crippen LogP contribution is 2.19. The highest BCUT2D eigenvalue weighted by atomic mass is 16.5. The molecule has 0 radical (unpaired) electrons. The molecule has 2 aromatic heterocycles. The smallest absolute Gasteiger partial charge is 0.408 e. The van der Waals surface area contributed by atoms with Gasteiger partial charge in [0.05, 0.1) is 11.8 Å². The number of nitrogens with zero attached hydrogens (tertiary/aromatic N) is 3. The van der Waals surface area contributed by atoms with Crippen LogP contribution in [0.1, 0.15) is 28.0 Å². The number of carboxylic acids is 1. The number of nitrogens with one attached hydrogen (secondary N) is 3. The van der Waals surface area contributed by atoms with Crippen LogP contribution in [-0.4, -0.2) is 63.6 Å². The van der Waals surface area contributed by atoms with Crippen LogP contribution in [0.25, 0.3) is 0 Å². The summed E-state index contributed by atoms with van der Waals surface area (Å²) in [6, 6.07) is 2.75. The van der Waals surface area contributed by atoms with Gasteiger partial charge in [-0.15, -0.1) is 0 Å². The number of amides is 2. The molecule has 0 saturated carbocycles. The van der Waals surface area contributed by atoms with E-state index in [-0.39, 0.29) is 18.7 Å². The number of carbonyl (C=O) groups is 3. The van der Waals surface area contributed by atoms with Gasteiger partial charge < -0.3 is 25.8 Å². The molecule has 0 saturated heterocycles. The van der Waals surface area contributed by atoms with Crippen molar-refractivity contribution in [3.05, 3.63) is 54.0 Å². The number of rotatable bonds is 10. The minimum atomic E-state index is -1.34. The maximum Gasteiger partial charge on any atom is 0.408 e. The number of ether oxygens (including phenoxy) is 1. The normalized spacial score (nSPS) is 13.2. The first-order chi connectivity index (χ1) is 15.5. The molecule has 4 N–H and O–H groups in total. The number of hydrogen-bond donors (Lipinski definition) is 4. The Morgan fingerprint density at radius 1 is 1.38 bits per heavy atom. The molecule has 32 heavy (non-hydrogen) atoms. The van der Waals surface area contributed by atoms with Crippen LogP contribution in [0.3, 0.4) is 0 Å². The third-order valence-corrected chi connectivity index (χ3v) is 4.83. The first-order valence-electron chi connectivity index (χ1n) is 10.3. The van der Waals surface area contributed by atoms with Crippen molar-refractivity contribution in [1.82, 2.24) is 25.4 Å². The largest absolute Gasteiger partial charge is 0.480 e. The van der Waals surface area contributed by atoms with E-state index in [1.54, 1.807) is 10.9 Å². The van der Waals surface area contributed by atoms with E-state index < -0.39 is 24.0 Å². The summed E-state index contributed by atoms with van der Waals surface area (Å²) >= 11 is 0. The van der Waals surface area contributed by atoms with E-state index in [9.17, 15) is 19.5 Å². The fraction of sp³-hybridized carbons (Fsp3) is 0.381. The number of aryl methyl sites for hydroxylation is 3. The molecule has 3 heterocycles. The molecule has 170 valence electrons. The summed E-state index contributed by atoms with van der Waals surface area (Å²) in [6.07, 6.45) is 6.20. The summed E-state index contributed by atoms with van der Waals surface area (Å²) in [5, 5.41) is 21.4. The van der Waals surface area contributed by atoms with Crippen LogP contribution < -0.4 is 16.0 Å². The van der Waals surface area contributed by atoms with Crippen LogP contribution in [-0.2, 0) is 28.9 Å². The number of anilines is 1. The molecule has 0 aliphatic carbocycles. The van der Waals surface area contributed by atoms with Crippen LogP contribution >= 0.6 is 0 Å². The first kappa shape index (κ1) is 22.8. The predicted molar refractivity (Wildman–Crippen MR) is 115 cm³/mol. The summed E-state index contributed by atoms with van der Waals surface area (Å²) in [5.41, 5.74) is 2.43. The van der Waals surface area contributed by atoms with Gasteiger partial charge in [-0.1, -0.05) is 18.7 Å². The Hall–Kier alpha value is -3.89. The SMILES string of the molecule is C=CCOC(=O)N[C@@H](CNC(=O)c1cnn(CCc2ccc3c(n2)NCCC3)c1)C(=O)O. The van der Waals surface area contributed by atoms with Crippen molar-refractivity contribution < 1.29 is 24.2 Å². The molecular formula is C21H26N6O5. The second kappa shape index (κ2) is 10.9. The molecule has 0 unspecified atom stereocenters. The van der Waals surface area contributed by atoms with Gasteiger partial charge in [-0.3, -0.25) is 9.48 Å². The molecule has 1 aliphatic heterocycles. The Balaban J connectivity index is 1.49. The molecule has 1 aliphatic rings. The van der Waals surface area contributed by atoms with Crippen LogP contribution in [0.2, 0.25) is 0 Å². The van der Waals surface area contributed by atoms with Gasteiger partial charge in [-0.05, 0) is 24.5 Å².